The summed E-state index contributed by atoms with van der Waals surface area (Å²) in [5, 5.41) is 76.3. The summed E-state index contributed by atoms with van der Waals surface area (Å²) < 4.78 is 34.9. The molecule has 0 amide bonds. The Morgan fingerprint density at radius 3 is 2.28 bits per heavy atom. The van der Waals surface area contributed by atoms with Crippen molar-refractivity contribution in [2.45, 2.75) is 151 Å². The largest absolute Gasteiger partial charge is 0.458 e. The van der Waals surface area contributed by atoms with E-state index in [4.69, 9.17) is 28.4 Å². The Morgan fingerprint density at radius 1 is 0.860 bits per heavy atom. The summed E-state index contributed by atoms with van der Waals surface area (Å²) in [5.41, 5.74) is -0.695. The van der Waals surface area contributed by atoms with Crippen LogP contribution in [0.2, 0.25) is 0 Å². The van der Waals surface area contributed by atoms with Gasteiger partial charge in [-0.3, -0.25) is 0 Å². The van der Waals surface area contributed by atoms with Crippen LogP contribution in [-0.2, 0) is 33.2 Å². The van der Waals surface area contributed by atoms with Crippen LogP contribution in [0.25, 0.3) is 0 Å². The van der Waals surface area contributed by atoms with Crippen molar-refractivity contribution in [2.24, 2.45) is 34.5 Å². The molecule has 0 spiro atoms. The minimum Gasteiger partial charge on any atom is -0.458 e. The van der Waals surface area contributed by atoms with Crippen LogP contribution >= 0.6 is 0 Å². The molecule has 6 fully saturated rings. The predicted molar refractivity (Wildman–Crippen MR) is 172 cm³/mol. The highest BCUT2D eigenvalue weighted by Gasteiger charge is 2.69. The van der Waals surface area contributed by atoms with Gasteiger partial charge in [0.2, 0.25) is 0 Å². The highest BCUT2D eigenvalue weighted by molar-refractivity contribution is 5.85. The maximum Gasteiger partial charge on any atom is 0.331 e. The average molecular weight is 713 g/mol. The number of hydrogen-bond acceptors (Lipinski definition) is 14. The van der Waals surface area contributed by atoms with Crippen LogP contribution in [-0.4, -0.2) is 141 Å². The molecule has 7 aliphatic rings. The first-order valence-electron chi connectivity index (χ1n) is 18.4. The molecule has 7 N–H and O–H groups in total. The molecule has 0 radical (unpaired) electrons. The Balaban J connectivity index is 1.01. The molecular formula is C36H56O14. The topological polar surface area (TPSA) is 214 Å². The van der Waals surface area contributed by atoms with Crippen molar-refractivity contribution in [1.29, 1.82) is 0 Å². The summed E-state index contributed by atoms with van der Waals surface area (Å²) in [6, 6.07) is 0. The zero-order valence-corrected chi connectivity index (χ0v) is 29.4. The fourth-order valence-electron chi connectivity index (χ4n) is 11.6. The Labute approximate surface area is 292 Å². The summed E-state index contributed by atoms with van der Waals surface area (Å²) in [6.45, 7) is 5.75. The van der Waals surface area contributed by atoms with Crippen molar-refractivity contribution in [1.82, 2.24) is 0 Å². The first-order valence-corrected chi connectivity index (χ1v) is 18.4. The monoisotopic (exact) mass is 712 g/mol. The number of hydrogen-bond donors (Lipinski definition) is 7. The number of ether oxygens (including phenoxy) is 6. The lowest BCUT2D eigenvalue weighted by molar-refractivity contribution is -0.363. The zero-order chi connectivity index (χ0) is 35.9. The number of fused-ring (bicyclic) bond motifs is 5. The number of cyclic esters (lactones) is 1. The normalized spacial score (nSPS) is 55.1. The van der Waals surface area contributed by atoms with Crippen molar-refractivity contribution >= 4 is 5.97 Å². The fourth-order valence-corrected chi connectivity index (χ4v) is 11.6. The van der Waals surface area contributed by atoms with Crippen LogP contribution < -0.4 is 0 Å². The van der Waals surface area contributed by atoms with Gasteiger partial charge < -0.3 is 64.2 Å². The second-order valence-electron chi connectivity index (χ2n) is 16.6. The molecule has 0 bridgehead atoms. The van der Waals surface area contributed by atoms with Gasteiger partial charge in [-0.2, -0.15) is 0 Å². The lowest BCUT2D eigenvalue weighted by Gasteiger charge is -2.64. The molecule has 7 rings (SSSR count). The average Bonchev–Trinajstić information content (AvgIpc) is 3.63. The Bertz CT molecular complexity index is 1300. The van der Waals surface area contributed by atoms with E-state index in [0.717, 1.165) is 37.7 Å². The summed E-state index contributed by atoms with van der Waals surface area (Å²) in [5.74, 6) is 0.0825. The van der Waals surface area contributed by atoms with Gasteiger partial charge >= 0.3 is 5.97 Å². The van der Waals surface area contributed by atoms with Crippen molar-refractivity contribution in [2.75, 3.05) is 20.3 Å². The first-order chi connectivity index (χ1) is 23.7. The van der Waals surface area contributed by atoms with E-state index < -0.39 is 91.2 Å². The smallest absolute Gasteiger partial charge is 0.331 e. The van der Waals surface area contributed by atoms with E-state index in [9.17, 15) is 40.5 Å². The van der Waals surface area contributed by atoms with E-state index in [0.29, 0.717) is 25.9 Å². The number of carbonyl (C=O) groups is 1. The Kier molecular flexibility index (Phi) is 10.0. The van der Waals surface area contributed by atoms with Gasteiger partial charge in [-0.25, -0.2) is 4.79 Å². The van der Waals surface area contributed by atoms with Gasteiger partial charge in [0.1, 0.15) is 49.3 Å². The minimum absolute atomic E-state index is 0.0330. The maximum atomic E-state index is 12.5. The molecular weight excluding hydrogens is 656 g/mol. The number of carbonyl (C=O) groups excluding carboxylic acids is 1. The van der Waals surface area contributed by atoms with E-state index in [-0.39, 0.29) is 35.1 Å². The number of esters is 1. The Hall–Kier alpha value is -1.27. The number of aliphatic hydroxyl groups excluding tert-OH is 6. The second kappa shape index (κ2) is 13.5. The SMILES string of the molecule is CO[C@H]1[C@@H](O)[C@H](O[C@H]2C[C@H]3CC[C@H]4[C@@H](CC[C@@]5(C)[C@@H](C6=CC(=O)OC6)CC[C@@]45O)[C@@]3(C)[C@H](O)C2)O[C@@H](C)[C@H]1O[C@@H]1O[C@H](CO)[C@@H](O)[C@H](O)[C@H]1O. The molecule has 19 atom stereocenters. The van der Waals surface area contributed by atoms with E-state index in [1.54, 1.807) is 13.0 Å². The molecule has 2 saturated heterocycles. The van der Waals surface area contributed by atoms with Crippen LogP contribution in [0, 0.1) is 34.5 Å². The molecule has 4 saturated carbocycles. The van der Waals surface area contributed by atoms with Crippen LogP contribution in [0.1, 0.15) is 72.1 Å². The summed E-state index contributed by atoms with van der Waals surface area (Å²) in [4.78, 5) is 11.9. The van der Waals surface area contributed by atoms with Crippen molar-refractivity contribution in [3.63, 3.8) is 0 Å². The van der Waals surface area contributed by atoms with Crippen molar-refractivity contribution < 1.29 is 69.0 Å². The third kappa shape index (κ3) is 5.63. The summed E-state index contributed by atoms with van der Waals surface area (Å²) in [7, 11) is 1.40. The molecule has 3 aliphatic heterocycles. The summed E-state index contributed by atoms with van der Waals surface area (Å²) in [6.07, 6.45) is -6.17. The number of methoxy groups -OCH3 is 1. The van der Waals surface area contributed by atoms with Gasteiger partial charge in [0.25, 0.3) is 0 Å². The summed E-state index contributed by atoms with van der Waals surface area (Å²) >= 11 is 0. The minimum atomic E-state index is -1.63. The molecule has 0 aromatic rings. The molecule has 0 aromatic heterocycles. The predicted octanol–water partition coefficient (Wildman–Crippen LogP) is -0.0948. The van der Waals surface area contributed by atoms with E-state index >= 15 is 0 Å². The van der Waals surface area contributed by atoms with Crippen molar-refractivity contribution in [3.8, 4) is 0 Å². The van der Waals surface area contributed by atoms with Crippen LogP contribution in [0.15, 0.2) is 11.6 Å². The molecule has 0 unspecified atom stereocenters. The Morgan fingerprint density at radius 2 is 1.60 bits per heavy atom. The highest BCUT2D eigenvalue weighted by Crippen LogP contribution is 2.70. The third-order valence-corrected chi connectivity index (χ3v) is 14.5. The van der Waals surface area contributed by atoms with Gasteiger partial charge in [-0.1, -0.05) is 13.8 Å². The van der Waals surface area contributed by atoms with Gasteiger partial charge in [0.05, 0.1) is 30.5 Å². The molecule has 4 aliphatic carbocycles. The standard InChI is InChI=1S/C36H56O14/c1-16-30(50-32-28(42)27(41)26(40)23(14-37)49-32)31(45-4)29(43)33(47-16)48-19-12-18-5-6-22-21(35(18,3)24(38)13-19)7-9-34(2)20(8-10-36(22,34)44)17-11-25(39)46-15-17/h11,16,18-24,26-33,37-38,40-44H,5-10,12-15H2,1-4H3/t16-,18+,19-,20+,21+,22-,23+,24+,26+,27-,28+,29+,30+,31-,32-,33-,34-,35-,36+/m0/s1. The first kappa shape index (κ1) is 37.1. The van der Waals surface area contributed by atoms with Gasteiger partial charge in [0, 0.05) is 25.0 Å². The number of aliphatic hydroxyl groups is 7. The van der Waals surface area contributed by atoms with Gasteiger partial charge in [-0.05, 0) is 86.5 Å². The highest BCUT2D eigenvalue weighted by atomic mass is 16.7. The second-order valence-corrected chi connectivity index (χ2v) is 16.6. The molecule has 284 valence electrons. The van der Waals surface area contributed by atoms with E-state index in [2.05, 4.69) is 13.8 Å². The molecule has 14 nitrogen and oxygen atoms in total. The van der Waals surface area contributed by atoms with Crippen molar-refractivity contribution in [3.05, 3.63) is 11.6 Å². The van der Waals surface area contributed by atoms with Crippen LogP contribution in [0.5, 0.6) is 0 Å². The molecule has 0 aromatic carbocycles. The third-order valence-electron chi connectivity index (χ3n) is 14.5. The number of rotatable bonds is 7. The lowest BCUT2D eigenvalue weighted by Crippen LogP contribution is -2.66. The quantitative estimate of drug-likeness (QED) is 0.136. The molecule has 50 heavy (non-hydrogen) atoms. The fraction of sp³-hybridized carbons (Fsp3) is 0.917. The van der Waals surface area contributed by atoms with E-state index in [1.165, 1.54) is 7.11 Å². The van der Waals surface area contributed by atoms with Crippen LogP contribution in [0.3, 0.4) is 0 Å². The van der Waals surface area contributed by atoms with Crippen LogP contribution in [0.4, 0.5) is 0 Å². The molecule has 3 heterocycles. The maximum absolute atomic E-state index is 12.5. The molecule has 14 heteroatoms. The van der Waals surface area contributed by atoms with Gasteiger partial charge in [0.15, 0.2) is 12.6 Å². The van der Waals surface area contributed by atoms with E-state index in [1.807, 2.05) is 0 Å². The lowest BCUT2D eigenvalue weighted by atomic mass is 9.42. The zero-order valence-electron chi connectivity index (χ0n) is 29.4. The van der Waals surface area contributed by atoms with Gasteiger partial charge in [-0.15, -0.1) is 0 Å².